The molecule has 0 aromatic rings. The second kappa shape index (κ2) is 6.95. The molecule has 4 aliphatic carbocycles. The van der Waals surface area contributed by atoms with Crippen molar-refractivity contribution < 1.29 is 14.4 Å². The van der Waals surface area contributed by atoms with Crippen LogP contribution in [-0.2, 0) is 14.4 Å². The largest absolute Gasteiger partial charge is 0.370 e. The molecule has 0 aromatic heterocycles. The first kappa shape index (κ1) is 20.1. The summed E-state index contributed by atoms with van der Waals surface area (Å²) in [5.74, 6) is 3.46. The van der Waals surface area contributed by atoms with Gasteiger partial charge in [0.05, 0.1) is 0 Å². The first-order valence-electron chi connectivity index (χ1n) is 11.5. The lowest BCUT2D eigenvalue weighted by atomic mass is 9.44. The summed E-state index contributed by atoms with van der Waals surface area (Å²) in [5.41, 5.74) is 5.32. The van der Waals surface area contributed by atoms with Crippen LogP contribution in [0.5, 0.6) is 0 Å². The number of hydrogen-bond donors (Lipinski definition) is 1. The summed E-state index contributed by atoms with van der Waals surface area (Å²) in [5, 5.41) is 0. The molecule has 0 aliphatic heterocycles. The predicted octanol–water partition coefficient (Wildman–Crippen LogP) is 4.30. The van der Waals surface area contributed by atoms with E-state index in [9.17, 15) is 14.4 Å². The highest BCUT2D eigenvalue weighted by atomic mass is 16.1. The van der Waals surface area contributed by atoms with E-state index in [0.717, 1.165) is 38.5 Å². The van der Waals surface area contributed by atoms with Gasteiger partial charge in [0.2, 0.25) is 5.91 Å². The SMILES string of the molecule is C[C@H](CCC(N)=O)[C@H]1CC[C@H]2[C@@H]3CC[C@@H]4CC(=O)CC[C@]4(C)[C@H]3CC(=O)[C@]12C. The predicted molar refractivity (Wildman–Crippen MR) is 108 cm³/mol. The Morgan fingerprint density at radius 2 is 1.86 bits per heavy atom. The first-order chi connectivity index (χ1) is 13.2. The van der Waals surface area contributed by atoms with E-state index in [0.29, 0.717) is 66.3 Å². The standard InChI is InChI=1S/C24H37NO3/c1-14(4-9-22(25)28)18-7-8-19-17-6-5-15-12-16(26)10-11-23(15,2)20(17)13-21(27)24(18,19)3/h14-15,17-20H,4-13H2,1-3H3,(H2,25,28)/t14-,15-,17+,18-,19+,20+,23+,24-/m1/s1. The van der Waals surface area contributed by atoms with E-state index in [1.54, 1.807) is 0 Å². The smallest absolute Gasteiger partial charge is 0.217 e. The Balaban J connectivity index is 1.58. The quantitative estimate of drug-likeness (QED) is 0.781. The van der Waals surface area contributed by atoms with Crippen LogP contribution >= 0.6 is 0 Å². The van der Waals surface area contributed by atoms with Crippen molar-refractivity contribution in [2.24, 2.45) is 52.1 Å². The van der Waals surface area contributed by atoms with Crippen molar-refractivity contribution in [3.8, 4) is 0 Å². The summed E-state index contributed by atoms with van der Waals surface area (Å²) in [4.78, 5) is 36.9. The molecule has 156 valence electrons. The van der Waals surface area contributed by atoms with E-state index in [1.807, 2.05) is 0 Å². The number of Topliss-reactive ketones (excluding diaryl/α,β-unsaturated/α-hetero) is 2. The van der Waals surface area contributed by atoms with Crippen molar-refractivity contribution in [1.82, 2.24) is 0 Å². The van der Waals surface area contributed by atoms with E-state index in [-0.39, 0.29) is 16.7 Å². The number of primary amides is 1. The van der Waals surface area contributed by atoms with Crippen LogP contribution in [0.3, 0.4) is 0 Å². The zero-order valence-corrected chi connectivity index (χ0v) is 17.8. The van der Waals surface area contributed by atoms with Crippen LogP contribution in [0, 0.1) is 46.3 Å². The lowest BCUT2D eigenvalue weighted by Gasteiger charge is -2.59. The maximum Gasteiger partial charge on any atom is 0.217 e. The van der Waals surface area contributed by atoms with E-state index in [2.05, 4.69) is 20.8 Å². The van der Waals surface area contributed by atoms with E-state index >= 15 is 0 Å². The van der Waals surface area contributed by atoms with Gasteiger partial charge in [0.1, 0.15) is 11.6 Å². The third-order valence-electron chi connectivity index (χ3n) is 9.95. The molecule has 1 amide bonds. The van der Waals surface area contributed by atoms with Crippen molar-refractivity contribution >= 4 is 17.5 Å². The molecule has 0 bridgehead atoms. The minimum absolute atomic E-state index is 0.170. The molecule has 0 spiro atoms. The Labute approximate surface area is 169 Å². The molecule has 4 aliphatic rings. The number of nitrogens with two attached hydrogens (primary N) is 1. The van der Waals surface area contributed by atoms with Gasteiger partial charge in [-0.15, -0.1) is 0 Å². The first-order valence-corrected chi connectivity index (χ1v) is 11.5. The van der Waals surface area contributed by atoms with Gasteiger partial charge in [-0.25, -0.2) is 0 Å². The summed E-state index contributed by atoms with van der Waals surface area (Å²) < 4.78 is 0. The van der Waals surface area contributed by atoms with Crippen LogP contribution < -0.4 is 5.73 Å². The average molecular weight is 388 g/mol. The second-order valence-corrected chi connectivity index (χ2v) is 11.0. The van der Waals surface area contributed by atoms with Crippen LogP contribution in [0.1, 0.15) is 85.0 Å². The molecule has 0 radical (unpaired) electrons. The topological polar surface area (TPSA) is 77.2 Å². The van der Waals surface area contributed by atoms with Crippen LogP contribution in [0.25, 0.3) is 0 Å². The van der Waals surface area contributed by atoms with Crippen molar-refractivity contribution in [1.29, 1.82) is 0 Å². The molecule has 4 nitrogen and oxygen atoms in total. The van der Waals surface area contributed by atoms with Crippen molar-refractivity contribution in [2.75, 3.05) is 0 Å². The van der Waals surface area contributed by atoms with Gasteiger partial charge in [-0.1, -0.05) is 20.8 Å². The molecule has 0 unspecified atom stereocenters. The molecular weight excluding hydrogens is 350 g/mol. The second-order valence-electron chi connectivity index (χ2n) is 11.0. The Bertz CT molecular complexity index is 687. The molecule has 28 heavy (non-hydrogen) atoms. The Morgan fingerprint density at radius 1 is 1.11 bits per heavy atom. The van der Waals surface area contributed by atoms with E-state index in [4.69, 9.17) is 5.73 Å². The number of amides is 1. The number of carbonyl (C=O) groups excluding carboxylic acids is 3. The minimum Gasteiger partial charge on any atom is -0.370 e. The average Bonchev–Trinajstić information content (AvgIpc) is 3.00. The van der Waals surface area contributed by atoms with Crippen molar-refractivity contribution in [3.05, 3.63) is 0 Å². The number of carbonyl (C=O) groups is 3. The van der Waals surface area contributed by atoms with Gasteiger partial charge in [0, 0.05) is 31.1 Å². The van der Waals surface area contributed by atoms with Crippen LogP contribution in [0.2, 0.25) is 0 Å². The molecule has 8 atom stereocenters. The summed E-state index contributed by atoms with van der Waals surface area (Å²) in [6, 6.07) is 0. The molecule has 4 fully saturated rings. The van der Waals surface area contributed by atoms with E-state index in [1.165, 1.54) is 6.42 Å². The van der Waals surface area contributed by atoms with Gasteiger partial charge in [-0.2, -0.15) is 0 Å². The molecule has 4 heteroatoms. The lowest BCUT2D eigenvalue weighted by Crippen LogP contribution is -2.57. The summed E-state index contributed by atoms with van der Waals surface area (Å²) in [6.45, 7) is 6.85. The van der Waals surface area contributed by atoms with Crippen LogP contribution in [0.4, 0.5) is 0 Å². The van der Waals surface area contributed by atoms with Crippen LogP contribution in [0.15, 0.2) is 0 Å². The number of fused-ring (bicyclic) bond motifs is 5. The summed E-state index contributed by atoms with van der Waals surface area (Å²) in [6.07, 6.45) is 8.95. The molecule has 4 rings (SSSR count). The molecule has 2 N–H and O–H groups in total. The third-order valence-corrected chi connectivity index (χ3v) is 9.95. The zero-order valence-electron chi connectivity index (χ0n) is 17.8. The zero-order chi connectivity index (χ0) is 20.3. The maximum atomic E-state index is 13.6. The number of rotatable bonds is 4. The van der Waals surface area contributed by atoms with Crippen molar-refractivity contribution in [3.63, 3.8) is 0 Å². The van der Waals surface area contributed by atoms with Gasteiger partial charge >= 0.3 is 0 Å². The third kappa shape index (κ3) is 2.89. The number of ketones is 2. The highest BCUT2D eigenvalue weighted by Gasteiger charge is 2.63. The highest BCUT2D eigenvalue weighted by Crippen LogP contribution is 2.67. The Hall–Kier alpha value is -1.19. The highest BCUT2D eigenvalue weighted by molar-refractivity contribution is 5.87. The number of hydrogen-bond acceptors (Lipinski definition) is 3. The summed E-state index contributed by atoms with van der Waals surface area (Å²) >= 11 is 0. The normalized spacial score (nSPS) is 46.5. The van der Waals surface area contributed by atoms with Crippen molar-refractivity contribution in [2.45, 2.75) is 85.0 Å². The van der Waals surface area contributed by atoms with Gasteiger partial charge in [-0.3, -0.25) is 14.4 Å². The molecule has 0 saturated heterocycles. The Kier molecular flexibility index (Phi) is 4.99. The van der Waals surface area contributed by atoms with E-state index < -0.39 is 0 Å². The maximum absolute atomic E-state index is 13.6. The molecule has 4 saturated carbocycles. The van der Waals surface area contributed by atoms with Gasteiger partial charge < -0.3 is 5.73 Å². The lowest BCUT2D eigenvalue weighted by molar-refractivity contribution is -0.159. The minimum atomic E-state index is -0.236. The van der Waals surface area contributed by atoms with Gasteiger partial charge in [0.25, 0.3) is 0 Å². The fourth-order valence-electron chi connectivity index (χ4n) is 8.27. The monoisotopic (exact) mass is 387 g/mol. The summed E-state index contributed by atoms with van der Waals surface area (Å²) in [7, 11) is 0. The Morgan fingerprint density at radius 3 is 2.57 bits per heavy atom. The van der Waals surface area contributed by atoms with Gasteiger partial charge in [-0.05, 0) is 79.4 Å². The fraction of sp³-hybridized carbons (Fsp3) is 0.875. The van der Waals surface area contributed by atoms with Crippen LogP contribution in [-0.4, -0.2) is 17.5 Å². The van der Waals surface area contributed by atoms with Gasteiger partial charge in [0.15, 0.2) is 0 Å². The molecule has 0 heterocycles. The fourth-order valence-corrected chi connectivity index (χ4v) is 8.27. The molecular formula is C24H37NO3. The molecule has 0 aromatic carbocycles.